The molecule has 0 N–H and O–H groups in total. The van der Waals surface area contributed by atoms with Crippen molar-refractivity contribution in [1.82, 2.24) is 0 Å². The molecule has 0 saturated carbocycles. The van der Waals surface area contributed by atoms with Crippen LogP contribution in [0, 0.1) is 5.82 Å². The maximum Gasteiger partial charge on any atom is 0.573 e. The summed E-state index contributed by atoms with van der Waals surface area (Å²) >= 11 is 5.85. The molecule has 0 unspecified atom stereocenters. The number of hydrogen-bond donors (Lipinski definition) is 0. The number of rotatable bonds is 7. The van der Waals surface area contributed by atoms with Gasteiger partial charge in [-0.25, -0.2) is 13.6 Å². The Morgan fingerprint density at radius 3 is 2.06 bits per heavy atom. The van der Waals surface area contributed by atoms with Crippen LogP contribution < -0.4 is 18.9 Å². The third-order valence-electron chi connectivity index (χ3n) is 3.72. The fourth-order valence-electron chi connectivity index (χ4n) is 2.52. The van der Waals surface area contributed by atoms with Crippen LogP contribution in [0.25, 0.3) is 0 Å². The van der Waals surface area contributed by atoms with Crippen LogP contribution in [0.3, 0.4) is 0 Å². The summed E-state index contributed by atoms with van der Waals surface area (Å²) in [5.74, 6) is -6.48. The van der Waals surface area contributed by atoms with Crippen LogP contribution in [0.15, 0.2) is 18.2 Å². The highest BCUT2D eigenvalue weighted by Gasteiger charge is 2.34. The standard InChI is InChI=1S/C18H13ClF6O6/c1-27-14-9(5-4-8(13(14)20)31-18(23,24)25)30-10-6-7(19)11(16(21)22)15(28-2)12(10)17(26)29-3/h4-6,16H,1-3H3. The van der Waals surface area contributed by atoms with Crippen LogP contribution in [-0.2, 0) is 4.74 Å². The molecule has 2 aromatic carbocycles. The molecule has 0 atom stereocenters. The first-order chi connectivity index (χ1) is 14.4. The molecule has 31 heavy (non-hydrogen) atoms. The van der Waals surface area contributed by atoms with Gasteiger partial charge in [-0.3, -0.25) is 0 Å². The topological polar surface area (TPSA) is 63.2 Å². The number of alkyl halides is 5. The molecule has 2 rings (SSSR count). The highest BCUT2D eigenvalue weighted by atomic mass is 35.5. The second-order valence-electron chi connectivity index (χ2n) is 5.53. The van der Waals surface area contributed by atoms with Gasteiger partial charge in [0.25, 0.3) is 6.43 Å². The Labute approximate surface area is 176 Å². The monoisotopic (exact) mass is 474 g/mol. The fourth-order valence-corrected chi connectivity index (χ4v) is 2.79. The molecule has 0 aliphatic carbocycles. The van der Waals surface area contributed by atoms with Gasteiger partial charge in [0.05, 0.1) is 31.9 Å². The van der Waals surface area contributed by atoms with Gasteiger partial charge in [0, 0.05) is 6.07 Å². The lowest BCUT2D eigenvalue weighted by Gasteiger charge is -2.19. The normalized spacial score (nSPS) is 11.3. The van der Waals surface area contributed by atoms with Crippen molar-refractivity contribution in [2.75, 3.05) is 21.3 Å². The van der Waals surface area contributed by atoms with E-state index < -0.39 is 69.5 Å². The molecular weight excluding hydrogens is 462 g/mol. The zero-order valence-electron chi connectivity index (χ0n) is 15.9. The van der Waals surface area contributed by atoms with Crippen molar-refractivity contribution in [2.45, 2.75) is 12.8 Å². The number of carbonyl (C=O) groups is 1. The van der Waals surface area contributed by atoms with Gasteiger partial charge in [0.2, 0.25) is 11.6 Å². The zero-order valence-corrected chi connectivity index (χ0v) is 16.7. The molecule has 6 nitrogen and oxygen atoms in total. The van der Waals surface area contributed by atoms with E-state index in [4.69, 9.17) is 25.8 Å². The van der Waals surface area contributed by atoms with Crippen LogP contribution in [0.5, 0.6) is 28.7 Å². The van der Waals surface area contributed by atoms with E-state index >= 15 is 0 Å². The maximum absolute atomic E-state index is 14.4. The van der Waals surface area contributed by atoms with E-state index in [0.29, 0.717) is 6.07 Å². The van der Waals surface area contributed by atoms with Gasteiger partial charge in [-0.15, -0.1) is 13.2 Å². The maximum atomic E-state index is 14.4. The van der Waals surface area contributed by atoms with Crippen molar-refractivity contribution >= 4 is 17.6 Å². The summed E-state index contributed by atoms with van der Waals surface area (Å²) in [6, 6.07) is 2.24. The Morgan fingerprint density at radius 2 is 1.58 bits per heavy atom. The predicted molar refractivity (Wildman–Crippen MR) is 94.0 cm³/mol. The molecule has 2 aromatic rings. The van der Waals surface area contributed by atoms with Crippen molar-refractivity contribution in [2.24, 2.45) is 0 Å². The first-order valence-corrected chi connectivity index (χ1v) is 8.39. The van der Waals surface area contributed by atoms with Gasteiger partial charge in [-0.05, 0) is 12.1 Å². The smallest absolute Gasteiger partial charge is 0.495 e. The summed E-state index contributed by atoms with van der Waals surface area (Å²) in [5.41, 5.74) is -1.45. The van der Waals surface area contributed by atoms with E-state index in [0.717, 1.165) is 33.5 Å². The second kappa shape index (κ2) is 9.41. The van der Waals surface area contributed by atoms with Crippen molar-refractivity contribution in [3.63, 3.8) is 0 Å². The molecule has 170 valence electrons. The second-order valence-corrected chi connectivity index (χ2v) is 5.94. The number of carbonyl (C=O) groups excluding carboxylic acids is 1. The van der Waals surface area contributed by atoms with Gasteiger partial charge in [-0.1, -0.05) is 11.6 Å². The van der Waals surface area contributed by atoms with Crippen molar-refractivity contribution in [3.8, 4) is 28.7 Å². The Morgan fingerprint density at radius 1 is 1.00 bits per heavy atom. The predicted octanol–water partition coefficient (Wildman–Crippen LogP) is 5.91. The van der Waals surface area contributed by atoms with Gasteiger partial charge in [-0.2, -0.15) is 4.39 Å². The molecule has 13 heteroatoms. The highest BCUT2D eigenvalue weighted by Crippen LogP contribution is 2.46. The number of benzene rings is 2. The largest absolute Gasteiger partial charge is 0.573 e. The summed E-state index contributed by atoms with van der Waals surface area (Å²) in [5, 5.41) is -0.564. The van der Waals surface area contributed by atoms with Gasteiger partial charge in [0.1, 0.15) is 17.1 Å². The molecule has 0 radical (unpaired) electrons. The summed E-state index contributed by atoms with van der Waals surface area (Å²) in [6.07, 6.45) is -8.33. The molecule has 0 aliphatic rings. The highest BCUT2D eigenvalue weighted by molar-refractivity contribution is 6.32. The summed E-state index contributed by atoms with van der Waals surface area (Å²) < 4.78 is 102. The van der Waals surface area contributed by atoms with Crippen molar-refractivity contribution < 1.29 is 54.8 Å². The van der Waals surface area contributed by atoms with Crippen LogP contribution in [0.4, 0.5) is 26.3 Å². The quantitative estimate of drug-likeness (QED) is 0.367. The molecular formula is C18H13ClF6O6. The molecule has 0 fully saturated rings. The Hall–Kier alpha value is -3.02. The van der Waals surface area contributed by atoms with Crippen molar-refractivity contribution in [1.29, 1.82) is 0 Å². The Kier molecular flexibility index (Phi) is 7.37. The van der Waals surface area contributed by atoms with Gasteiger partial charge < -0.3 is 23.7 Å². The van der Waals surface area contributed by atoms with E-state index in [-0.39, 0.29) is 0 Å². The average molecular weight is 475 g/mol. The average Bonchev–Trinajstić information content (AvgIpc) is 2.67. The zero-order chi connectivity index (χ0) is 23.5. The van der Waals surface area contributed by atoms with Crippen LogP contribution in [-0.4, -0.2) is 33.7 Å². The fraction of sp³-hybridized carbons (Fsp3) is 0.278. The minimum atomic E-state index is -5.18. The molecule has 0 aliphatic heterocycles. The first-order valence-electron chi connectivity index (χ1n) is 8.02. The lowest BCUT2D eigenvalue weighted by Crippen LogP contribution is -2.18. The molecule has 0 saturated heterocycles. The lowest BCUT2D eigenvalue weighted by atomic mass is 10.1. The summed E-state index contributed by atoms with van der Waals surface area (Å²) in [6.45, 7) is 0. The molecule has 0 amide bonds. The number of esters is 1. The van der Waals surface area contributed by atoms with E-state index in [2.05, 4.69) is 9.47 Å². The molecule has 0 heterocycles. The van der Waals surface area contributed by atoms with Gasteiger partial charge in [0.15, 0.2) is 11.5 Å². The Bertz CT molecular complexity index is 979. The number of ether oxygens (including phenoxy) is 5. The van der Waals surface area contributed by atoms with E-state index in [1.807, 2.05) is 0 Å². The van der Waals surface area contributed by atoms with E-state index in [1.165, 1.54) is 0 Å². The Balaban J connectivity index is 2.67. The first kappa shape index (κ1) is 24.3. The third kappa shape index (κ3) is 5.19. The van der Waals surface area contributed by atoms with E-state index in [1.54, 1.807) is 0 Å². The van der Waals surface area contributed by atoms with Crippen LogP contribution in [0.2, 0.25) is 5.02 Å². The number of halogens is 7. The van der Waals surface area contributed by atoms with Crippen LogP contribution in [0.1, 0.15) is 22.3 Å². The number of hydrogen-bond acceptors (Lipinski definition) is 6. The van der Waals surface area contributed by atoms with Crippen LogP contribution >= 0.6 is 11.6 Å². The minimum absolute atomic E-state index is 0.514. The molecule has 0 bridgehead atoms. The number of methoxy groups -OCH3 is 3. The molecule has 0 spiro atoms. The third-order valence-corrected chi connectivity index (χ3v) is 4.03. The summed E-state index contributed by atoms with van der Waals surface area (Å²) in [4.78, 5) is 12.2. The van der Waals surface area contributed by atoms with Gasteiger partial charge >= 0.3 is 12.3 Å². The SMILES string of the molecule is COC(=O)c1c(Oc2ccc(OC(F)(F)F)c(F)c2OC)cc(Cl)c(C(F)F)c1OC. The molecule has 0 aromatic heterocycles. The van der Waals surface area contributed by atoms with Crippen molar-refractivity contribution in [3.05, 3.63) is 40.2 Å². The lowest BCUT2D eigenvalue weighted by molar-refractivity contribution is -0.275. The minimum Gasteiger partial charge on any atom is -0.495 e. The summed E-state index contributed by atoms with van der Waals surface area (Å²) in [7, 11) is 2.86. The van der Waals surface area contributed by atoms with E-state index in [9.17, 15) is 31.1 Å².